The molecule has 6 nitrogen and oxygen atoms in total. The van der Waals surface area contributed by atoms with Gasteiger partial charge in [-0.05, 0) is 25.2 Å². The molecular formula is C38H72O6. The van der Waals surface area contributed by atoms with Crippen LogP contribution < -0.4 is 0 Å². The number of carbonyl (C=O) groups is 3. The molecule has 0 aliphatic rings. The van der Waals surface area contributed by atoms with Crippen molar-refractivity contribution >= 4 is 17.9 Å². The second-order valence-electron chi connectivity index (χ2n) is 13.3. The summed E-state index contributed by atoms with van der Waals surface area (Å²) >= 11 is 0. The monoisotopic (exact) mass is 625 g/mol. The Morgan fingerprint density at radius 3 is 1.11 bits per heavy atom. The van der Waals surface area contributed by atoms with Gasteiger partial charge in [-0.15, -0.1) is 0 Å². The first-order chi connectivity index (χ1) is 21.4. The Balaban J connectivity index is 4.29. The third-order valence-corrected chi connectivity index (χ3v) is 8.29. The SMILES string of the molecule is CCCCCCCCCCCCC(=O)O[C@@H](COC(=O)CCCCCCC)COC(=O)CCCCCCCCCCC(C)C. The van der Waals surface area contributed by atoms with Crippen molar-refractivity contribution in [3.63, 3.8) is 0 Å². The fraction of sp³-hybridized carbons (Fsp3) is 0.921. The standard InChI is InChI=1S/C38H72O6/c1-5-7-9-11-12-13-14-19-23-27-31-38(41)44-35(32-42-36(39)29-25-20-10-8-6-2)33-43-37(40)30-26-22-18-16-15-17-21-24-28-34(3)4/h34-35H,5-33H2,1-4H3/t35-/m0/s1. The lowest BCUT2D eigenvalue weighted by Gasteiger charge is -2.18. The summed E-state index contributed by atoms with van der Waals surface area (Å²) < 4.78 is 16.5. The Bertz CT molecular complexity index is 662. The van der Waals surface area contributed by atoms with Crippen LogP contribution in [-0.2, 0) is 28.6 Å². The fourth-order valence-electron chi connectivity index (χ4n) is 5.39. The van der Waals surface area contributed by atoms with Crippen molar-refractivity contribution in [3.05, 3.63) is 0 Å². The summed E-state index contributed by atoms with van der Waals surface area (Å²) in [4.78, 5) is 37.1. The predicted molar refractivity (Wildman–Crippen MR) is 183 cm³/mol. The molecule has 0 aromatic rings. The van der Waals surface area contributed by atoms with E-state index in [9.17, 15) is 14.4 Å². The van der Waals surface area contributed by atoms with Gasteiger partial charge in [0.05, 0.1) is 0 Å². The third-order valence-electron chi connectivity index (χ3n) is 8.29. The third kappa shape index (κ3) is 31.8. The van der Waals surface area contributed by atoms with E-state index in [4.69, 9.17) is 14.2 Å². The second kappa shape index (κ2) is 32.8. The van der Waals surface area contributed by atoms with Crippen molar-refractivity contribution in [2.24, 2.45) is 5.92 Å². The smallest absolute Gasteiger partial charge is 0.306 e. The molecule has 0 saturated heterocycles. The molecule has 0 aliphatic heterocycles. The molecule has 0 N–H and O–H groups in total. The zero-order valence-corrected chi connectivity index (χ0v) is 29.6. The molecule has 0 amide bonds. The average Bonchev–Trinajstić information content (AvgIpc) is 3.00. The molecule has 0 fully saturated rings. The predicted octanol–water partition coefficient (Wildman–Crippen LogP) is 11.2. The van der Waals surface area contributed by atoms with Crippen LogP contribution in [-0.4, -0.2) is 37.2 Å². The summed E-state index contributed by atoms with van der Waals surface area (Å²) in [6.07, 6.45) is 28.3. The molecule has 0 radical (unpaired) electrons. The number of esters is 3. The molecule has 0 saturated carbocycles. The highest BCUT2D eigenvalue weighted by molar-refractivity contribution is 5.71. The van der Waals surface area contributed by atoms with Crippen LogP contribution >= 0.6 is 0 Å². The van der Waals surface area contributed by atoms with Gasteiger partial charge in [-0.3, -0.25) is 14.4 Å². The Hall–Kier alpha value is -1.59. The van der Waals surface area contributed by atoms with Gasteiger partial charge in [0.15, 0.2) is 6.10 Å². The number of ether oxygens (including phenoxy) is 3. The Kier molecular flexibility index (Phi) is 31.6. The molecule has 6 heteroatoms. The molecule has 44 heavy (non-hydrogen) atoms. The van der Waals surface area contributed by atoms with E-state index in [0.717, 1.165) is 70.1 Å². The van der Waals surface area contributed by atoms with Gasteiger partial charge in [0.2, 0.25) is 0 Å². The maximum Gasteiger partial charge on any atom is 0.306 e. The van der Waals surface area contributed by atoms with Gasteiger partial charge in [0, 0.05) is 19.3 Å². The second-order valence-corrected chi connectivity index (χ2v) is 13.3. The molecule has 0 unspecified atom stereocenters. The van der Waals surface area contributed by atoms with Crippen LogP contribution in [0.4, 0.5) is 0 Å². The molecule has 0 heterocycles. The van der Waals surface area contributed by atoms with Crippen molar-refractivity contribution in [2.45, 2.75) is 207 Å². The van der Waals surface area contributed by atoms with Crippen molar-refractivity contribution in [2.75, 3.05) is 13.2 Å². The summed E-state index contributed by atoms with van der Waals surface area (Å²) in [5.74, 6) is -0.0859. The minimum atomic E-state index is -0.755. The first-order valence-corrected chi connectivity index (χ1v) is 18.9. The van der Waals surface area contributed by atoms with Gasteiger partial charge >= 0.3 is 17.9 Å². The van der Waals surface area contributed by atoms with E-state index in [1.807, 2.05) is 0 Å². The van der Waals surface area contributed by atoms with Crippen LogP contribution in [0.15, 0.2) is 0 Å². The van der Waals surface area contributed by atoms with Gasteiger partial charge in [-0.1, -0.05) is 163 Å². The Morgan fingerprint density at radius 2 is 0.750 bits per heavy atom. The molecule has 0 spiro atoms. The molecule has 260 valence electrons. The minimum absolute atomic E-state index is 0.0667. The van der Waals surface area contributed by atoms with E-state index >= 15 is 0 Å². The van der Waals surface area contributed by atoms with E-state index < -0.39 is 6.10 Å². The molecule has 0 aliphatic carbocycles. The average molecular weight is 625 g/mol. The summed E-state index contributed by atoms with van der Waals surface area (Å²) in [7, 11) is 0. The minimum Gasteiger partial charge on any atom is -0.462 e. The summed E-state index contributed by atoms with van der Waals surface area (Å²) in [5.41, 5.74) is 0. The number of rotatable bonds is 33. The fourth-order valence-corrected chi connectivity index (χ4v) is 5.39. The maximum absolute atomic E-state index is 12.5. The molecule has 0 aromatic carbocycles. The van der Waals surface area contributed by atoms with Gasteiger partial charge in [-0.25, -0.2) is 0 Å². The van der Waals surface area contributed by atoms with Crippen molar-refractivity contribution < 1.29 is 28.6 Å². The van der Waals surface area contributed by atoms with Crippen molar-refractivity contribution in [1.29, 1.82) is 0 Å². The van der Waals surface area contributed by atoms with Crippen LogP contribution in [0.2, 0.25) is 0 Å². The van der Waals surface area contributed by atoms with E-state index in [1.165, 1.54) is 89.9 Å². The molecule has 1 atom stereocenters. The van der Waals surface area contributed by atoms with Crippen LogP contribution in [0.25, 0.3) is 0 Å². The molecule has 0 bridgehead atoms. The van der Waals surface area contributed by atoms with Crippen LogP contribution in [0, 0.1) is 5.92 Å². The Labute approximate surface area is 272 Å². The van der Waals surface area contributed by atoms with E-state index in [0.29, 0.717) is 19.3 Å². The topological polar surface area (TPSA) is 78.9 Å². The van der Waals surface area contributed by atoms with Crippen molar-refractivity contribution in [3.8, 4) is 0 Å². The lowest BCUT2D eigenvalue weighted by Crippen LogP contribution is -2.30. The highest BCUT2D eigenvalue weighted by atomic mass is 16.6. The zero-order valence-electron chi connectivity index (χ0n) is 29.6. The van der Waals surface area contributed by atoms with Gasteiger partial charge in [-0.2, -0.15) is 0 Å². The van der Waals surface area contributed by atoms with Gasteiger partial charge in [0.25, 0.3) is 0 Å². The first kappa shape index (κ1) is 42.4. The summed E-state index contributed by atoms with van der Waals surface area (Å²) in [6.45, 7) is 8.83. The molecule has 0 aromatic heterocycles. The summed E-state index contributed by atoms with van der Waals surface area (Å²) in [6, 6.07) is 0. The normalized spacial score (nSPS) is 11.9. The highest BCUT2D eigenvalue weighted by Gasteiger charge is 2.19. The maximum atomic E-state index is 12.5. The van der Waals surface area contributed by atoms with E-state index in [1.54, 1.807) is 0 Å². The van der Waals surface area contributed by atoms with Gasteiger partial charge < -0.3 is 14.2 Å². The number of hydrogen-bond acceptors (Lipinski definition) is 6. The largest absolute Gasteiger partial charge is 0.462 e. The van der Waals surface area contributed by atoms with Gasteiger partial charge in [0.1, 0.15) is 13.2 Å². The molecular weight excluding hydrogens is 552 g/mol. The Morgan fingerprint density at radius 1 is 0.432 bits per heavy atom. The van der Waals surface area contributed by atoms with E-state index in [-0.39, 0.29) is 31.1 Å². The summed E-state index contributed by atoms with van der Waals surface area (Å²) in [5, 5.41) is 0. The van der Waals surface area contributed by atoms with Crippen LogP contribution in [0.1, 0.15) is 201 Å². The lowest BCUT2D eigenvalue weighted by atomic mass is 10.0. The highest BCUT2D eigenvalue weighted by Crippen LogP contribution is 2.15. The number of unbranched alkanes of at least 4 members (excludes halogenated alkanes) is 20. The van der Waals surface area contributed by atoms with E-state index in [2.05, 4.69) is 27.7 Å². The zero-order chi connectivity index (χ0) is 32.5. The quantitative estimate of drug-likeness (QED) is 0.0410. The lowest BCUT2D eigenvalue weighted by molar-refractivity contribution is -0.167. The van der Waals surface area contributed by atoms with Crippen LogP contribution in [0.5, 0.6) is 0 Å². The number of hydrogen-bond donors (Lipinski definition) is 0. The number of carbonyl (C=O) groups excluding carboxylic acids is 3. The first-order valence-electron chi connectivity index (χ1n) is 18.9. The van der Waals surface area contributed by atoms with Crippen molar-refractivity contribution in [1.82, 2.24) is 0 Å². The van der Waals surface area contributed by atoms with Crippen LogP contribution in [0.3, 0.4) is 0 Å². The molecule has 0 rings (SSSR count).